The lowest BCUT2D eigenvalue weighted by molar-refractivity contribution is -0.133. The summed E-state index contributed by atoms with van der Waals surface area (Å²) in [6.45, 7) is 8.38. The van der Waals surface area contributed by atoms with Gasteiger partial charge >= 0.3 is 0 Å². The molecule has 0 aromatic heterocycles. The largest absolute Gasteiger partial charge is 0.351 e. The van der Waals surface area contributed by atoms with Crippen LogP contribution in [-0.2, 0) is 19.2 Å². The maximum absolute atomic E-state index is 13.1. The van der Waals surface area contributed by atoms with E-state index in [4.69, 9.17) is 5.73 Å². The highest BCUT2D eigenvalue weighted by Gasteiger charge is 2.30. The van der Waals surface area contributed by atoms with Crippen LogP contribution in [0.25, 0.3) is 0 Å². The number of rotatable bonds is 13. The van der Waals surface area contributed by atoms with Crippen molar-refractivity contribution in [1.82, 2.24) is 21.3 Å². The van der Waals surface area contributed by atoms with Gasteiger partial charge < -0.3 is 27.0 Å². The molecule has 202 valence electrons. The van der Waals surface area contributed by atoms with Crippen LogP contribution in [0, 0.1) is 11.8 Å². The van der Waals surface area contributed by atoms with Crippen molar-refractivity contribution in [2.24, 2.45) is 17.6 Å². The van der Waals surface area contributed by atoms with Crippen LogP contribution < -0.4 is 27.0 Å². The summed E-state index contributed by atoms with van der Waals surface area (Å²) in [6, 6.07) is -1.92. The van der Waals surface area contributed by atoms with Gasteiger partial charge in [0, 0.05) is 12.5 Å². The van der Waals surface area contributed by atoms with Gasteiger partial charge in [-0.1, -0.05) is 72.6 Å². The fourth-order valence-electron chi connectivity index (χ4n) is 4.27. The zero-order chi connectivity index (χ0) is 26.2. The summed E-state index contributed by atoms with van der Waals surface area (Å²) < 4.78 is 0. The average molecular weight is 496 g/mol. The Labute approximate surface area is 211 Å². The fourth-order valence-corrected chi connectivity index (χ4v) is 4.27. The van der Waals surface area contributed by atoms with Crippen molar-refractivity contribution >= 4 is 23.6 Å². The van der Waals surface area contributed by atoms with Crippen molar-refractivity contribution in [1.29, 1.82) is 0 Å². The lowest BCUT2D eigenvalue weighted by Crippen LogP contribution is -2.56. The van der Waals surface area contributed by atoms with E-state index in [1.807, 2.05) is 13.8 Å². The molecule has 0 spiro atoms. The van der Waals surface area contributed by atoms with Gasteiger partial charge in [-0.05, 0) is 37.6 Å². The quantitative estimate of drug-likeness (QED) is 0.249. The van der Waals surface area contributed by atoms with Crippen molar-refractivity contribution in [3.63, 3.8) is 0 Å². The first kappa shape index (κ1) is 30.9. The average Bonchev–Trinajstić information content (AvgIpc) is 2.79. The van der Waals surface area contributed by atoms with E-state index in [2.05, 4.69) is 35.1 Å². The Balaban J connectivity index is 2.77. The van der Waals surface area contributed by atoms with E-state index >= 15 is 0 Å². The number of carbonyl (C=O) groups is 4. The van der Waals surface area contributed by atoms with E-state index in [1.54, 1.807) is 0 Å². The maximum atomic E-state index is 13.1. The van der Waals surface area contributed by atoms with Gasteiger partial charge in [-0.25, -0.2) is 0 Å². The van der Waals surface area contributed by atoms with Crippen molar-refractivity contribution in [3.8, 4) is 0 Å². The lowest BCUT2D eigenvalue weighted by Gasteiger charge is -2.27. The number of hydrogen-bond donors (Lipinski definition) is 5. The van der Waals surface area contributed by atoms with Gasteiger partial charge in [0.05, 0.1) is 6.54 Å². The molecule has 9 nitrogen and oxygen atoms in total. The number of amides is 4. The summed E-state index contributed by atoms with van der Waals surface area (Å²) in [5, 5.41) is 11.1. The molecule has 1 heterocycles. The van der Waals surface area contributed by atoms with Crippen LogP contribution in [0.2, 0.25) is 0 Å². The van der Waals surface area contributed by atoms with Gasteiger partial charge in [0.25, 0.3) is 0 Å². The summed E-state index contributed by atoms with van der Waals surface area (Å²) in [5.41, 5.74) is 5.57. The second-order valence-corrected chi connectivity index (χ2v) is 10.6. The van der Waals surface area contributed by atoms with E-state index in [0.717, 1.165) is 25.2 Å². The lowest BCUT2D eigenvalue weighted by atomic mass is 9.99. The van der Waals surface area contributed by atoms with Gasteiger partial charge in [-0.15, -0.1) is 0 Å². The molecule has 1 rings (SSSR count). The number of unbranched alkanes of at least 4 members (excludes halogenated alkanes) is 5. The van der Waals surface area contributed by atoms with Crippen LogP contribution >= 0.6 is 0 Å². The van der Waals surface area contributed by atoms with E-state index in [0.29, 0.717) is 25.8 Å². The van der Waals surface area contributed by atoms with Gasteiger partial charge in [0.1, 0.15) is 12.1 Å². The summed E-state index contributed by atoms with van der Waals surface area (Å²) in [5.74, 6) is -0.864. The zero-order valence-corrected chi connectivity index (χ0v) is 22.3. The van der Waals surface area contributed by atoms with Gasteiger partial charge in [-0.3, -0.25) is 19.2 Å². The third-order valence-corrected chi connectivity index (χ3v) is 6.40. The van der Waals surface area contributed by atoms with Gasteiger partial charge in [0.15, 0.2) is 0 Å². The molecule has 9 heteroatoms. The second-order valence-electron chi connectivity index (χ2n) is 10.6. The molecule has 6 N–H and O–H groups in total. The minimum atomic E-state index is -0.811. The Morgan fingerprint density at radius 1 is 0.771 bits per heavy atom. The molecule has 1 aliphatic heterocycles. The molecule has 1 saturated heterocycles. The van der Waals surface area contributed by atoms with Crippen molar-refractivity contribution in [3.05, 3.63) is 0 Å². The van der Waals surface area contributed by atoms with Crippen LogP contribution in [0.3, 0.4) is 0 Å². The first-order valence-corrected chi connectivity index (χ1v) is 13.5. The minimum absolute atomic E-state index is 0.1000. The SMILES string of the molecule is CC(C)CCCCCCCC[C@@H]1CC(=O)NCC(=O)N[C@@H](CCCN)C(=O)N[C@@H](C(C)C)C(=O)N1. The minimum Gasteiger partial charge on any atom is -0.351 e. The third kappa shape index (κ3) is 13.5. The highest BCUT2D eigenvalue weighted by molar-refractivity contribution is 5.94. The molecule has 35 heavy (non-hydrogen) atoms. The molecule has 0 saturated carbocycles. The van der Waals surface area contributed by atoms with Crippen LogP contribution in [0.15, 0.2) is 0 Å². The molecule has 0 aliphatic carbocycles. The number of hydrogen-bond acceptors (Lipinski definition) is 5. The first-order chi connectivity index (χ1) is 16.6. The topological polar surface area (TPSA) is 142 Å². The third-order valence-electron chi connectivity index (χ3n) is 6.40. The standard InChI is InChI=1S/C26H49N5O4/c1-18(2)12-9-7-5-6-8-10-13-20-16-22(32)28-17-23(33)30-21(14-11-15-27)25(34)31-24(19(3)4)26(35)29-20/h18-21,24H,5-17,27H2,1-4H3,(H,28,32)(H,29,35)(H,30,33)(H,31,34)/t20-,21+,24+/m1/s1. The first-order valence-electron chi connectivity index (χ1n) is 13.5. The van der Waals surface area contributed by atoms with Crippen molar-refractivity contribution in [2.45, 2.75) is 116 Å². The van der Waals surface area contributed by atoms with Crippen LogP contribution in [0.5, 0.6) is 0 Å². The summed E-state index contributed by atoms with van der Waals surface area (Å²) in [6.07, 6.45) is 9.74. The van der Waals surface area contributed by atoms with Crippen molar-refractivity contribution in [2.75, 3.05) is 13.1 Å². The molecule has 0 unspecified atom stereocenters. The molecule has 0 bridgehead atoms. The van der Waals surface area contributed by atoms with Crippen LogP contribution in [0.4, 0.5) is 0 Å². The number of nitrogens with two attached hydrogens (primary N) is 1. The zero-order valence-electron chi connectivity index (χ0n) is 22.3. The van der Waals surface area contributed by atoms with Crippen LogP contribution in [-0.4, -0.2) is 54.8 Å². The Morgan fingerprint density at radius 3 is 2.06 bits per heavy atom. The van der Waals surface area contributed by atoms with Gasteiger partial charge in [-0.2, -0.15) is 0 Å². The molecule has 0 radical (unpaired) electrons. The summed E-state index contributed by atoms with van der Waals surface area (Å²) in [7, 11) is 0. The summed E-state index contributed by atoms with van der Waals surface area (Å²) >= 11 is 0. The molecule has 1 aliphatic rings. The normalized spacial score (nSPS) is 22.5. The molecular formula is C26H49N5O4. The smallest absolute Gasteiger partial charge is 0.243 e. The maximum Gasteiger partial charge on any atom is 0.243 e. The van der Waals surface area contributed by atoms with E-state index < -0.39 is 23.9 Å². The van der Waals surface area contributed by atoms with E-state index in [1.165, 1.54) is 25.7 Å². The second kappa shape index (κ2) is 17.3. The Bertz CT molecular complexity index is 668. The highest BCUT2D eigenvalue weighted by atomic mass is 16.2. The fraction of sp³-hybridized carbons (Fsp3) is 0.846. The highest BCUT2D eigenvalue weighted by Crippen LogP contribution is 2.14. The Hall–Kier alpha value is -2.16. The molecule has 1 fully saturated rings. The monoisotopic (exact) mass is 495 g/mol. The van der Waals surface area contributed by atoms with Crippen molar-refractivity contribution < 1.29 is 19.2 Å². The predicted octanol–water partition coefficient (Wildman–Crippen LogP) is 2.13. The molecule has 3 atom stereocenters. The Morgan fingerprint density at radius 2 is 1.43 bits per heavy atom. The predicted molar refractivity (Wildman–Crippen MR) is 138 cm³/mol. The number of carbonyl (C=O) groups excluding carboxylic acids is 4. The van der Waals surface area contributed by atoms with E-state index in [9.17, 15) is 19.2 Å². The Kier molecular flexibility index (Phi) is 15.3. The summed E-state index contributed by atoms with van der Waals surface area (Å²) in [4.78, 5) is 50.8. The number of nitrogens with one attached hydrogen (secondary N) is 4. The molecule has 4 amide bonds. The molecule has 0 aromatic rings. The van der Waals surface area contributed by atoms with Gasteiger partial charge in [0.2, 0.25) is 23.6 Å². The van der Waals surface area contributed by atoms with E-state index in [-0.39, 0.29) is 36.7 Å². The van der Waals surface area contributed by atoms with Crippen LogP contribution in [0.1, 0.15) is 98.3 Å². The molecule has 0 aromatic carbocycles. The molecular weight excluding hydrogens is 446 g/mol.